The molecule has 0 spiro atoms. The average Bonchev–Trinajstić information content (AvgIpc) is 3.05. The molecule has 0 unspecified atom stereocenters. The molecule has 0 aliphatic heterocycles. The van der Waals surface area contributed by atoms with Gasteiger partial charge in [0.25, 0.3) is 0 Å². The molecule has 0 atom stereocenters. The van der Waals surface area contributed by atoms with Gasteiger partial charge in [0.2, 0.25) is 0 Å². The molecule has 0 bridgehead atoms. The van der Waals surface area contributed by atoms with E-state index >= 15 is 0 Å². The van der Waals surface area contributed by atoms with Crippen LogP contribution in [0.2, 0.25) is 0 Å². The Hall–Kier alpha value is -2.48. The van der Waals surface area contributed by atoms with Crippen molar-refractivity contribution in [3.63, 3.8) is 0 Å². The minimum atomic E-state index is 0. The molecule has 6 rings (SSSR count). The van der Waals surface area contributed by atoms with E-state index in [2.05, 4.69) is 103 Å². The Morgan fingerprint density at radius 1 is 0.690 bits per heavy atom. The molecule has 0 saturated heterocycles. The molecular formula is C27H18NY-. The molecule has 0 amide bonds. The van der Waals surface area contributed by atoms with Crippen LogP contribution in [0.25, 0.3) is 54.5 Å². The Kier molecular flexibility index (Phi) is 4.54. The van der Waals surface area contributed by atoms with Gasteiger partial charge in [-0.15, -0.1) is 11.5 Å². The van der Waals surface area contributed by atoms with Crippen molar-refractivity contribution in [3.8, 4) is 11.1 Å². The van der Waals surface area contributed by atoms with Crippen molar-refractivity contribution in [3.05, 3.63) is 97.1 Å². The van der Waals surface area contributed by atoms with Crippen molar-refractivity contribution >= 4 is 43.4 Å². The second kappa shape index (κ2) is 7.09. The monoisotopic (exact) mass is 445 g/mol. The molecule has 6 aromatic rings. The van der Waals surface area contributed by atoms with Crippen LogP contribution in [0.3, 0.4) is 0 Å². The normalized spacial score (nSPS) is 11.3. The van der Waals surface area contributed by atoms with Crippen LogP contribution >= 0.6 is 0 Å². The van der Waals surface area contributed by atoms with Gasteiger partial charge >= 0.3 is 0 Å². The number of aryl methyl sites for hydroxylation is 1. The molecule has 0 aliphatic carbocycles. The standard InChI is InChI=1S/C27H18N.Y/c1-28-26-13-7-6-11-22(26)25-17-24(21-10-4-5-12-23(21)27(25)28)20-15-14-18-8-2-3-9-19(18)16-20;/h2-5,7-17H,1H3;/q-1;. The maximum absolute atomic E-state index is 3.26. The maximum atomic E-state index is 3.26. The zero-order valence-electron chi connectivity index (χ0n) is 16.2. The molecule has 1 heterocycles. The molecule has 2 heteroatoms. The fourth-order valence-corrected chi connectivity index (χ4v) is 4.57. The minimum Gasteiger partial charge on any atom is -0.367 e. The summed E-state index contributed by atoms with van der Waals surface area (Å²) in [6.45, 7) is 0. The molecule has 0 aliphatic rings. The van der Waals surface area contributed by atoms with Crippen LogP contribution in [0.1, 0.15) is 0 Å². The van der Waals surface area contributed by atoms with Crippen LogP contribution in [-0.2, 0) is 39.8 Å². The number of aromatic nitrogens is 1. The van der Waals surface area contributed by atoms with Crippen LogP contribution < -0.4 is 0 Å². The second-order valence-corrected chi connectivity index (χ2v) is 7.43. The summed E-state index contributed by atoms with van der Waals surface area (Å²) in [6.07, 6.45) is 0. The summed E-state index contributed by atoms with van der Waals surface area (Å²) in [5.41, 5.74) is 5.07. The number of rotatable bonds is 1. The quantitative estimate of drug-likeness (QED) is 0.238. The van der Waals surface area contributed by atoms with Gasteiger partial charge in [-0.1, -0.05) is 72.2 Å². The average molecular weight is 445 g/mol. The minimum absolute atomic E-state index is 0. The van der Waals surface area contributed by atoms with Gasteiger partial charge in [-0.25, -0.2) is 0 Å². The van der Waals surface area contributed by atoms with E-state index in [0.717, 1.165) is 0 Å². The Morgan fingerprint density at radius 3 is 2.31 bits per heavy atom. The Morgan fingerprint density at radius 2 is 1.45 bits per heavy atom. The molecule has 1 radical (unpaired) electrons. The molecule has 0 N–H and O–H groups in total. The maximum Gasteiger partial charge on any atom is 0.0426 e. The molecule has 5 aromatic carbocycles. The van der Waals surface area contributed by atoms with Crippen LogP contribution in [0, 0.1) is 6.07 Å². The summed E-state index contributed by atoms with van der Waals surface area (Å²) in [4.78, 5) is 0. The molecule has 29 heavy (non-hydrogen) atoms. The number of hydrogen-bond donors (Lipinski definition) is 0. The summed E-state index contributed by atoms with van der Waals surface area (Å²) in [6, 6.07) is 35.9. The van der Waals surface area contributed by atoms with E-state index in [9.17, 15) is 0 Å². The zero-order chi connectivity index (χ0) is 18.7. The van der Waals surface area contributed by atoms with Crippen molar-refractivity contribution in [2.24, 2.45) is 7.05 Å². The first kappa shape index (κ1) is 18.5. The van der Waals surface area contributed by atoms with Crippen LogP contribution in [0.15, 0.2) is 91.0 Å². The summed E-state index contributed by atoms with van der Waals surface area (Å²) in [5.74, 6) is 0. The van der Waals surface area contributed by atoms with Crippen molar-refractivity contribution < 1.29 is 32.7 Å². The largest absolute Gasteiger partial charge is 0.367 e. The zero-order valence-corrected chi connectivity index (χ0v) is 19.0. The third-order valence-corrected chi connectivity index (χ3v) is 5.90. The van der Waals surface area contributed by atoms with Gasteiger partial charge in [0.05, 0.1) is 0 Å². The van der Waals surface area contributed by atoms with E-state index < -0.39 is 0 Å². The van der Waals surface area contributed by atoms with E-state index in [1.54, 1.807) is 0 Å². The van der Waals surface area contributed by atoms with Gasteiger partial charge in [0, 0.05) is 50.7 Å². The molecule has 135 valence electrons. The first-order valence-electron chi connectivity index (χ1n) is 9.60. The van der Waals surface area contributed by atoms with Gasteiger partial charge in [-0.05, 0) is 38.7 Å². The molecule has 0 saturated carbocycles. The smallest absolute Gasteiger partial charge is 0.0426 e. The van der Waals surface area contributed by atoms with Gasteiger partial charge in [0.1, 0.15) is 0 Å². The fourth-order valence-electron chi connectivity index (χ4n) is 4.57. The van der Waals surface area contributed by atoms with Crippen LogP contribution in [-0.4, -0.2) is 4.57 Å². The van der Waals surface area contributed by atoms with Gasteiger partial charge in [-0.3, -0.25) is 0 Å². The molecule has 1 aromatic heterocycles. The first-order chi connectivity index (χ1) is 13.8. The molecule has 1 nitrogen and oxygen atoms in total. The van der Waals surface area contributed by atoms with E-state index in [0.29, 0.717) is 0 Å². The van der Waals surface area contributed by atoms with Crippen molar-refractivity contribution in [2.45, 2.75) is 0 Å². The van der Waals surface area contributed by atoms with Gasteiger partial charge < -0.3 is 4.57 Å². The molecule has 0 fully saturated rings. The Balaban J connectivity index is 0.00000181. The summed E-state index contributed by atoms with van der Waals surface area (Å²) in [7, 11) is 2.16. The number of nitrogens with zero attached hydrogens (tertiary/aromatic N) is 1. The van der Waals surface area contributed by atoms with E-state index in [4.69, 9.17) is 0 Å². The third-order valence-electron chi connectivity index (χ3n) is 5.90. The van der Waals surface area contributed by atoms with E-state index in [-0.39, 0.29) is 32.7 Å². The number of fused-ring (bicyclic) bond motifs is 6. The Labute approximate surface area is 194 Å². The predicted octanol–water partition coefficient (Wildman–Crippen LogP) is 7.10. The number of benzene rings is 5. The van der Waals surface area contributed by atoms with E-state index in [1.807, 2.05) is 6.07 Å². The fraction of sp³-hybridized carbons (Fsp3) is 0.0370. The number of hydrogen-bond acceptors (Lipinski definition) is 0. The Bertz CT molecular complexity index is 1520. The second-order valence-electron chi connectivity index (χ2n) is 7.43. The summed E-state index contributed by atoms with van der Waals surface area (Å²) >= 11 is 0. The SMILES string of the molecule is Cn1c2cc[c-]cc2c2cc(-c3ccc4ccccc4c3)c3ccccc3c21.[Y]. The topological polar surface area (TPSA) is 4.93 Å². The third kappa shape index (κ3) is 2.76. The van der Waals surface area contributed by atoms with Crippen molar-refractivity contribution in [1.82, 2.24) is 4.57 Å². The van der Waals surface area contributed by atoms with Crippen molar-refractivity contribution in [1.29, 1.82) is 0 Å². The van der Waals surface area contributed by atoms with Crippen LogP contribution in [0.4, 0.5) is 0 Å². The molecular weight excluding hydrogens is 427 g/mol. The summed E-state index contributed by atoms with van der Waals surface area (Å²) < 4.78 is 2.31. The van der Waals surface area contributed by atoms with Gasteiger partial charge in [-0.2, -0.15) is 18.2 Å². The van der Waals surface area contributed by atoms with Crippen LogP contribution in [0.5, 0.6) is 0 Å². The summed E-state index contributed by atoms with van der Waals surface area (Å²) in [5, 5.41) is 7.68. The van der Waals surface area contributed by atoms with Crippen molar-refractivity contribution in [2.75, 3.05) is 0 Å². The van der Waals surface area contributed by atoms with Gasteiger partial charge in [0.15, 0.2) is 0 Å². The van der Waals surface area contributed by atoms with E-state index in [1.165, 1.54) is 54.5 Å². The first-order valence-corrected chi connectivity index (χ1v) is 9.60. The predicted molar refractivity (Wildman–Crippen MR) is 120 cm³/mol.